The molecule has 4 rings (SSSR count). The number of fused-ring (bicyclic) bond motifs is 2. The summed E-state index contributed by atoms with van der Waals surface area (Å²) >= 11 is 1.21. The molecule has 2 heterocycles. The van der Waals surface area contributed by atoms with Gasteiger partial charge in [-0.1, -0.05) is 0 Å². The first kappa shape index (κ1) is 22.9. The molecule has 0 unspecified atom stereocenters. The molecule has 0 atom stereocenters. The average Bonchev–Trinajstić information content (AvgIpc) is 3.30. The quantitative estimate of drug-likeness (QED) is 0.375. The van der Waals surface area contributed by atoms with E-state index in [0.717, 1.165) is 17.6 Å². The Kier molecular flexibility index (Phi) is 5.96. The van der Waals surface area contributed by atoms with E-state index < -0.39 is 11.7 Å². The fraction of sp³-hybridized carbons (Fsp3) is 0.304. The summed E-state index contributed by atoms with van der Waals surface area (Å²) in [5.74, 6) is 0.446. The molecule has 0 spiro atoms. The van der Waals surface area contributed by atoms with Crippen LogP contribution in [-0.4, -0.2) is 45.2 Å². The number of Topliss-reactive ketones (excluding diaryl/α,β-unsaturated/α-hetero) is 1. The maximum Gasteiger partial charge on any atom is 0.416 e. The SMILES string of the molecule is CN(C)C(=O)CCC(=O)c1ccc2c(c1)nc(Cc1nc3ccc(C(F)(F)F)cc3s1)n2C. The average molecular weight is 475 g/mol. The zero-order chi connectivity index (χ0) is 23.9. The Labute approximate surface area is 191 Å². The van der Waals surface area contributed by atoms with Crippen LogP contribution in [0.3, 0.4) is 0 Å². The van der Waals surface area contributed by atoms with E-state index >= 15 is 0 Å². The predicted molar refractivity (Wildman–Crippen MR) is 120 cm³/mol. The van der Waals surface area contributed by atoms with Crippen molar-refractivity contribution < 1.29 is 22.8 Å². The van der Waals surface area contributed by atoms with Crippen LogP contribution in [-0.2, 0) is 24.4 Å². The van der Waals surface area contributed by atoms with Crippen molar-refractivity contribution in [2.45, 2.75) is 25.4 Å². The van der Waals surface area contributed by atoms with Crippen molar-refractivity contribution in [3.63, 3.8) is 0 Å². The first-order valence-corrected chi connectivity index (χ1v) is 11.0. The number of imidazole rings is 1. The molecule has 172 valence electrons. The number of hydrogen-bond donors (Lipinski definition) is 0. The van der Waals surface area contributed by atoms with E-state index in [4.69, 9.17) is 0 Å². The zero-order valence-corrected chi connectivity index (χ0v) is 19.0. The van der Waals surface area contributed by atoms with Gasteiger partial charge in [0.15, 0.2) is 5.78 Å². The lowest BCUT2D eigenvalue weighted by atomic mass is 10.1. The summed E-state index contributed by atoms with van der Waals surface area (Å²) in [4.78, 5) is 34.8. The molecule has 10 heteroatoms. The van der Waals surface area contributed by atoms with Crippen molar-refractivity contribution in [3.05, 3.63) is 58.4 Å². The van der Waals surface area contributed by atoms with Crippen LogP contribution < -0.4 is 0 Å². The summed E-state index contributed by atoms with van der Waals surface area (Å²) in [6, 6.07) is 8.75. The molecule has 2 aromatic heterocycles. The maximum absolute atomic E-state index is 13.0. The molecule has 0 radical (unpaired) electrons. The summed E-state index contributed by atoms with van der Waals surface area (Å²) in [6.45, 7) is 0. The maximum atomic E-state index is 13.0. The summed E-state index contributed by atoms with van der Waals surface area (Å²) in [5.41, 5.74) is 1.77. The molecular weight excluding hydrogens is 453 g/mol. The second-order valence-electron chi connectivity index (χ2n) is 7.97. The van der Waals surface area contributed by atoms with E-state index in [0.29, 0.717) is 38.5 Å². The van der Waals surface area contributed by atoms with Gasteiger partial charge in [-0.15, -0.1) is 11.3 Å². The van der Waals surface area contributed by atoms with Gasteiger partial charge in [0.05, 0.1) is 33.2 Å². The predicted octanol–water partition coefficient (Wildman–Crippen LogP) is 4.84. The van der Waals surface area contributed by atoms with Crippen LogP contribution in [0.1, 0.15) is 39.6 Å². The lowest BCUT2D eigenvalue weighted by Gasteiger charge is -2.09. The second kappa shape index (κ2) is 8.58. The number of halogens is 3. The van der Waals surface area contributed by atoms with Gasteiger partial charge in [-0.3, -0.25) is 9.59 Å². The lowest BCUT2D eigenvalue weighted by Crippen LogP contribution is -2.22. The van der Waals surface area contributed by atoms with Crippen molar-refractivity contribution >= 4 is 44.3 Å². The molecule has 0 bridgehead atoms. The highest BCUT2D eigenvalue weighted by Crippen LogP contribution is 2.33. The number of amides is 1. The van der Waals surface area contributed by atoms with Crippen LogP contribution in [0.4, 0.5) is 13.2 Å². The summed E-state index contributed by atoms with van der Waals surface area (Å²) in [7, 11) is 5.14. The fourth-order valence-electron chi connectivity index (χ4n) is 3.53. The summed E-state index contributed by atoms with van der Waals surface area (Å²) in [5, 5.41) is 0.654. The monoisotopic (exact) mass is 474 g/mol. The number of hydrogen-bond acceptors (Lipinski definition) is 5. The second-order valence-corrected chi connectivity index (χ2v) is 9.08. The number of benzene rings is 2. The first-order valence-electron chi connectivity index (χ1n) is 10.2. The van der Waals surface area contributed by atoms with Gasteiger partial charge in [0, 0.05) is 39.5 Å². The Balaban J connectivity index is 1.57. The molecule has 0 fully saturated rings. The van der Waals surface area contributed by atoms with Crippen molar-refractivity contribution in [2.75, 3.05) is 14.1 Å². The number of thiazole rings is 1. The number of carbonyl (C=O) groups excluding carboxylic acids is 2. The van der Waals surface area contributed by atoms with Crippen LogP contribution in [0, 0.1) is 0 Å². The number of nitrogens with zero attached hydrogens (tertiary/aromatic N) is 4. The molecule has 0 N–H and O–H groups in total. The minimum absolute atomic E-state index is 0.109. The van der Waals surface area contributed by atoms with Crippen LogP contribution in [0.5, 0.6) is 0 Å². The van der Waals surface area contributed by atoms with Crippen molar-refractivity contribution in [3.8, 4) is 0 Å². The molecule has 1 amide bonds. The molecule has 33 heavy (non-hydrogen) atoms. The van der Waals surface area contributed by atoms with Gasteiger partial charge >= 0.3 is 6.18 Å². The highest BCUT2D eigenvalue weighted by atomic mass is 32.1. The van der Waals surface area contributed by atoms with Crippen molar-refractivity contribution in [1.29, 1.82) is 0 Å². The minimum atomic E-state index is -4.40. The lowest BCUT2D eigenvalue weighted by molar-refractivity contribution is -0.137. The van der Waals surface area contributed by atoms with Crippen LogP contribution in [0.15, 0.2) is 36.4 Å². The Morgan fingerprint density at radius 2 is 1.79 bits per heavy atom. The van der Waals surface area contributed by atoms with E-state index in [1.807, 2.05) is 11.6 Å². The summed E-state index contributed by atoms with van der Waals surface area (Å²) < 4.78 is 41.3. The molecule has 4 aromatic rings. The van der Waals surface area contributed by atoms with E-state index in [-0.39, 0.29) is 24.5 Å². The number of carbonyl (C=O) groups is 2. The smallest absolute Gasteiger partial charge is 0.349 e. The van der Waals surface area contributed by atoms with Gasteiger partial charge < -0.3 is 9.47 Å². The van der Waals surface area contributed by atoms with E-state index in [9.17, 15) is 22.8 Å². The molecule has 0 aliphatic heterocycles. The highest BCUT2D eigenvalue weighted by Gasteiger charge is 2.30. The number of alkyl halides is 3. The van der Waals surface area contributed by atoms with Gasteiger partial charge in [-0.25, -0.2) is 9.97 Å². The zero-order valence-electron chi connectivity index (χ0n) is 18.2. The van der Waals surface area contributed by atoms with Gasteiger partial charge in [-0.2, -0.15) is 13.2 Å². The van der Waals surface area contributed by atoms with Crippen LogP contribution in [0.2, 0.25) is 0 Å². The largest absolute Gasteiger partial charge is 0.416 e. The topological polar surface area (TPSA) is 68.1 Å². The van der Waals surface area contributed by atoms with Crippen molar-refractivity contribution in [1.82, 2.24) is 19.4 Å². The number of rotatable bonds is 6. The first-order chi connectivity index (χ1) is 15.5. The van der Waals surface area contributed by atoms with Gasteiger partial charge in [-0.05, 0) is 36.4 Å². The van der Waals surface area contributed by atoms with E-state index in [1.54, 1.807) is 32.3 Å². The Morgan fingerprint density at radius 1 is 1.03 bits per heavy atom. The number of aryl methyl sites for hydroxylation is 1. The van der Waals surface area contributed by atoms with E-state index in [1.165, 1.54) is 22.3 Å². The number of ketones is 1. The molecule has 0 aliphatic carbocycles. The van der Waals surface area contributed by atoms with Crippen molar-refractivity contribution in [2.24, 2.45) is 7.05 Å². The Morgan fingerprint density at radius 3 is 2.48 bits per heavy atom. The normalized spacial score (nSPS) is 11.9. The van der Waals surface area contributed by atoms with Crippen LogP contribution >= 0.6 is 11.3 Å². The molecule has 0 aliphatic rings. The van der Waals surface area contributed by atoms with Gasteiger partial charge in [0.1, 0.15) is 10.8 Å². The fourth-order valence-corrected chi connectivity index (χ4v) is 4.53. The summed E-state index contributed by atoms with van der Waals surface area (Å²) in [6.07, 6.45) is -3.78. The van der Waals surface area contributed by atoms with Gasteiger partial charge in [0.2, 0.25) is 5.91 Å². The third kappa shape index (κ3) is 4.75. The minimum Gasteiger partial charge on any atom is -0.349 e. The number of aromatic nitrogens is 3. The molecule has 0 saturated heterocycles. The molecule has 6 nitrogen and oxygen atoms in total. The third-order valence-electron chi connectivity index (χ3n) is 5.43. The Bertz CT molecular complexity index is 1370. The third-order valence-corrected chi connectivity index (χ3v) is 6.45. The molecular formula is C23H21F3N4O2S. The molecule has 0 saturated carbocycles. The standard InChI is InChI=1S/C23H21F3N4O2S/c1-29(2)22(32)9-8-18(31)13-4-7-17-16(10-13)27-20(30(17)3)12-21-28-15-6-5-14(23(24,25)26)11-19(15)33-21/h4-7,10-11H,8-9,12H2,1-3H3. The van der Waals surface area contributed by atoms with Gasteiger partial charge in [0.25, 0.3) is 0 Å². The van der Waals surface area contributed by atoms with E-state index in [2.05, 4.69) is 9.97 Å². The van der Waals surface area contributed by atoms with Crippen LogP contribution in [0.25, 0.3) is 21.3 Å². The Hall–Kier alpha value is -3.27. The highest BCUT2D eigenvalue weighted by molar-refractivity contribution is 7.18. The molecule has 2 aromatic carbocycles.